The second-order valence-corrected chi connectivity index (χ2v) is 10.3. The van der Waals surface area contributed by atoms with E-state index >= 15 is 0 Å². The third kappa shape index (κ3) is 4.16. The van der Waals surface area contributed by atoms with E-state index in [0.717, 1.165) is 0 Å². The molecule has 0 spiro atoms. The predicted octanol–water partition coefficient (Wildman–Crippen LogP) is 2.43. The summed E-state index contributed by atoms with van der Waals surface area (Å²) in [6.07, 6.45) is -0.395. The van der Waals surface area contributed by atoms with Crippen LogP contribution in [-0.4, -0.2) is 40.6 Å². The number of nitrogens with zero attached hydrogens (tertiary/aromatic N) is 1. The van der Waals surface area contributed by atoms with Crippen LogP contribution in [0.15, 0.2) is 58.1 Å². The third-order valence-corrected chi connectivity index (χ3v) is 7.28. The van der Waals surface area contributed by atoms with Crippen LogP contribution >= 0.6 is 7.60 Å². The van der Waals surface area contributed by atoms with Gasteiger partial charge in [-0.25, -0.2) is 0 Å². The molecule has 0 aliphatic carbocycles. The molecule has 3 aromatic carbocycles. The van der Waals surface area contributed by atoms with Gasteiger partial charge in [-0.1, -0.05) is 48.5 Å². The van der Waals surface area contributed by atoms with Gasteiger partial charge in [-0.05, 0) is 31.4 Å². The van der Waals surface area contributed by atoms with Crippen LogP contribution in [0.2, 0.25) is 0 Å². The maximum atomic E-state index is 12.9. The number of nitrogens with one attached hydrogen (secondary N) is 1. The SMILES string of the molecule is CC(=O)c1ccccc1C(CP(=O)(O)O)(c1ccccc1C(C)=O)N1CCCNc2c1c(=O)c2=O. The molecule has 0 saturated carbocycles. The fraction of sp³-hybridized carbons (Fsp3) is 0.280. The van der Waals surface area contributed by atoms with Gasteiger partial charge in [0.05, 0.1) is 6.16 Å². The molecule has 9 nitrogen and oxygen atoms in total. The predicted molar refractivity (Wildman–Crippen MR) is 132 cm³/mol. The molecular formula is C25H25N2O7P. The second kappa shape index (κ2) is 9.00. The molecular weight excluding hydrogens is 471 g/mol. The highest BCUT2D eigenvalue weighted by Gasteiger charge is 2.51. The smallest absolute Gasteiger partial charge is 0.328 e. The van der Waals surface area contributed by atoms with Crippen molar-refractivity contribution in [2.75, 3.05) is 29.5 Å². The van der Waals surface area contributed by atoms with Gasteiger partial charge < -0.3 is 20.0 Å². The zero-order chi connectivity index (χ0) is 25.5. The number of carbonyl (C=O) groups excluding carboxylic acids is 2. The first kappa shape index (κ1) is 24.7. The van der Waals surface area contributed by atoms with Crippen molar-refractivity contribution in [3.8, 4) is 0 Å². The molecule has 0 unspecified atom stereocenters. The van der Waals surface area contributed by atoms with Gasteiger partial charge in [0.15, 0.2) is 11.6 Å². The number of rotatable bonds is 7. The minimum atomic E-state index is -4.86. The lowest BCUT2D eigenvalue weighted by atomic mass is 9.76. The molecule has 0 bridgehead atoms. The van der Waals surface area contributed by atoms with E-state index in [4.69, 9.17) is 0 Å². The maximum Gasteiger partial charge on any atom is 0.328 e. The Morgan fingerprint density at radius 3 is 1.94 bits per heavy atom. The van der Waals surface area contributed by atoms with Gasteiger partial charge >= 0.3 is 7.60 Å². The first-order valence-corrected chi connectivity index (χ1v) is 12.9. The normalized spacial score (nSPS) is 14.2. The van der Waals surface area contributed by atoms with Crippen LogP contribution < -0.4 is 21.1 Å². The summed E-state index contributed by atoms with van der Waals surface area (Å²) in [6.45, 7) is 3.18. The van der Waals surface area contributed by atoms with Crippen LogP contribution in [0.3, 0.4) is 0 Å². The van der Waals surface area contributed by atoms with Crippen LogP contribution in [0, 0.1) is 0 Å². The van der Waals surface area contributed by atoms with Gasteiger partial charge in [0.2, 0.25) is 0 Å². The summed E-state index contributed by atoms with van der Waals surface area (Å²) in [5, 5.41) is 2.94. The molecule has 1 aliphatic heterocycles. The van der Waals surface area contributed by atoms with Crippen LogP contribution in [0.5, 0.6) is 0 Å². The summed E-state index contributed by atoms with van der Waals surface area (Å²) in [7, 11) is -4.86. The van der Waals surface area contributed by atoms with Gasteiger partial charge in [0.1, 0.15) is 16.9 Å². The molecule has 10 heteroatoms. The lowest BCUT2D eigenvalue weighted by Crippen LogP contribution is -2.55. The zero-order valence-electron chi connectivity index (χ0n) is 19.3. The summed E-state index contributed by atoms with van der Waals surface area (Å²) in [6, 6.07) is 12.8. The summed E-state index contributed by atoms with van der Waals surface area (Å²) in [4.78, 5) is 72.9. The topological polar surface area (TPSA) is 141 Å². The van der Waals surface area contributed by atoms with Crippen molar-refractivity contribution in [3.63, 3.8) is 0 Å². The molecule has 1 aliphatic rings. The van der Waals surface area contributed by atoms with Crippen LogP contribution in [0.4, 0.5) is 11.4 Å². The van der Waals surface area contributed by atoms with E-state index < -0.39 is 30.2 Å². The summed E-state index contributed by atoms with van der Waals surface area (Å²) < 4.78 is 12.8. The van der Waals surface area contributed by atoms with Gasteiger partial charge in [-0.2, -0.15) is 0 Å². The Hall–Kier alpha value is -3.39. The Morgan fingerprint density at radius 1 is 0.943 bits per heavy atom. The van der Waals surface area contributed by atoms with Crippen molar-refractivity contribution in [1.29, 1.82) is 0 Å². The summed E-state index contributed by atoms with van der Waals surface area (Å²) in [5.74, 6) is -0.705. The van der Waals surface area contributed by atoms with E-state index in [-0.39, 0.29) is 51.7 Å². The van der Waals surface area contributed by atoms with Crippen molar-refractivity contribution in [1.82, 2.24) is 0 Å². The fourth-order valence-electron chi connectivity index (χ4n) is 5.04. The van der Waals surface area contributed by atoms with E-state index in [9.17, 15) is 33.5 Å². The van der Waals surface area contributed by atoms with E-state index in [1.807, 2.05) is 0 Å². The molecule has 1 heterocycles. The largest absolute Gasteiger partial charge is 0.380 e. The van der Waals surface area contributed by atoms with E-state index in [1.54, 1.807) is 48.5 Å². The van der Waals surface area contributed by atoms with Crippen LogP contribution in [-0.2, 0) is 10.1 Å². The molecule has 0 saturated heterocycles. The Bertz CT molecular complexity index is 1390. The highest BCUT2D eigenvalue weighted by molar-refractivity contribution is 7.51. The lowest BCUT2D eigenvalue weighted by molar-refractivity contribution is 0.100. The van der Waals surface area contributed by atoms with Crippen LogP contribution in [0.1, 0.15) is 52.1 Å². The number of ketones is 2. The number of benzene rings is 2. The highest BCUT2D eigenvalue weighted by atomic mass is 31.2. The van der Waals surface area contributed by atoms with Crippen molar-refractivity contribution < 1.29 is 23.9 Å². The van der Waals surface area contributed by atoms with Gasteiger partial charge in [0.25, 0.3) is 10.9 Å². The minimum Gasteiger partial charge on any atom is -0.380 e. The van der Waals surface area contributed by atoms with Crippen molar-refractivity contribution in [3.05, 3.63) is 91.2 Å². The monoisotopic (exact) mass is 496 g/mol. The number of fused-ring (bicyclic) bond motifs is 1. The molecule has 3 N–H and O–H groups in total. The fourth-order valence-corrected chi connectivity index (χ4v) is 6.14. The number of hydrogen-bond donors (Lipinski definition) is 3. The third-order valence-electron chi connectivity index (χ3n) is 6.41. The number of carbonyl (C=O) groups is 2. The van der Waals surface area contributed by atoms with Gasteiger partial charge in [-0.15, -0.1) is 0 Å². The molecule has 0 amide bonds. The van der Waals surface area contributed by atoms with Crippen molar-refractivity contribution in [2.45, 2.75) is 25.8 Å². The van der Waals surface area contributed by atoms with Crippen molar-refractivity contribution in [2.24, 2.45) is 0 Å². The average Bonchev–Trinajstić information content (AvgIpc) is 3.02. The second-order valence-electron chi connectivity index (χ2n) is 8.70. The average molecular weight is 496 g/mol. The van der Waals surface area contributed by atoms with Crippen LogP contribution in [0.25, 0.3) is 0 Å². The number of hydrogen-bond acceptors (Lipinski definition) is 7. The Labute approximate surface area is 201 Å². The number of Topliss-reactive ketones (excluding diaryl/α,β-unsaturated/α-hetero) is 2. The van der Waals surface area contributed by atoms with E-state index in [0.29, 0.717) is 13.0 Å². The molecule has 182 valence electrons. The molecule has 0 atom stereocenters. The molecule has 3 aromatic rings. The first-order valence-electron chi connectivity index (χ1n) is 11.1. The molecule has 0 radical (unpaired) electrons. The number of anilines is 2. The highest BCUT2D eigenvalue weighted by Crippen LogP contribution is 2.52. The lowest BCUT2D eigenvalue weighted by Gasteiger charge is -2.47. The standard InChI is InChI=1S/C25H25N2O7P/c1-15(28)17-8-3-5-10-19(17)25(14-35(32,33)34,20-11-6-4-9-18(20)16(2)29)27-13-7-12-26-21-22(27)24(31)23(21)30/h3-6,8-11,26H,7,12-14H2,1-2H3,(H2,32,33,34). The molecule has 35 heavy (non-hydrogen) atoms. The molecule has 0 fully saturated rings. The van der Waals surface area contributed by atoms with E-state index in [2.05, 4.69) is 5.32 Å². The quantitative estimate of drug-likeness (QED) is 0.255. The maximum absolute atomic E-state index is 12.9. The van der Waals surface area contributed by atoms with E-state index in [1.165, 1.54) is 18.7 Å². The van der Waals surface area contributed by atoms with Gasteiger partial charge in [-0.3, -0.25) is 23.7 Å². The minimum absolute atomic E-state index is 0.00217. The first-order chi connectivity index (χ1) is 16.5. The zero-order valence-corrected chi connectivity index (χ0v) is 20.2. The Balaban J connectivity index is 2.22. The molecule has 4 rings (SSSR count). The van der Waals surface area contributed by atoms with Crippen molar-refractivity contribution >= 4 is 30.5 Å². The Morgan fingerprint density at radius 2 is 1.46 bits per heavy atom. The Kier molecular flexibility index (Phi) is 6.36. The summed E-state index contributed by atoms with van der Waals surface area (Å²) >= 11 is 0. The molecule has 0 aromatic heterocycles. The summed E-state index contributed by atoms with van der Waals surface area (Å²) in [5.41, 5.74) is -2.36. The van der Waals surface area contributed by atoms with Gasteiger partial charge in [0, 0.05) is 24.2 Å².